The summed E-state index contributed by atoms with van der Waals surface area (Å²) in [5.74, 6) is -1.45. The summed E-state index contributed by atoms with van der Waals surface area (Å²) in [6.07, 6.45) is 0. The van der Waals surface area contributed by atoms with Gasteiger partial charge in [0, 0.05) is 5.56 Å². The highest BCUT2D eigenvalue weighted by molar-refractivity contribution is 6.14. The van der Waals surface area contributed by atoms with Crippen LogP contribution in [0.3, 0.4) is 0 Å². The smallest absolute Gasteiger partial charge is 0.361 e. The molecule has 0 amide bonds. The van der Waals surface area contributed by atoms with Gasteiger partial charge in [-0.15, -0.1) is 0 Å². The van der Waals surface area contributed by atoms with Crippen molar-refractivity contribution in [2.24, 2.45) is 0 Å². The van der Waals surface area contributed by atoms with Gasteiger partial charge < -0.3 is 14.0 Å². The second kappa shape index (κ2) is 6.87. The maximum absolute atomic E-state index is 12.6. The normalized spacial score (nSPS) is 10.2. The van der Waals surface area contributed by atoms with Crippen LogP contribution in [0.4, 0.5) is 0 Å². The number of hydrogen-bond acceptors (Lipinski definition) is 7. The summed E-state index contributed by atoms with van der Waals surface area (Å²) in [6, 6.07) is 5.86. The predicted octanol–water partition coefficient (Wildman–Crippen LogP) is 2.18. The predicted molar refractivity (Wildman–Crippen MR) is 78.4 cm³/mol. The van der Waals surface area contributed by atoms with Gasteiger partial charge in [0.15, 0.2) is 5.78 Å². The molecule has 0 aliphatic heterocycles. The number of methoxy groups -OCH3 is 1. The second-order valence-electron chi connectivity index (χ2n) is 4.58. The highest BCUT2D eigenvalue weighted by atomic mass is 16.5. The van der Waals surface area contributed by atoms with Crippen LogP contribution in [0.15, 0.2) is 28.8 Å². The molecule has 0 radical (unpaired) electrons. The van der Waals surface area contributed by atoms with E-state index in [1.165, 1.54) is 38.3 Å². The van der Waals surface area contributed by atoms with E-state index in [-0.39, 0.29) is 29.2 Å². The van der Waals surface area contributed by atoms with Gasteiger partial charge >= 0.3 is 11.9 Å². The third-order valence-corrected chi connectivity index (χ3v) is 3.13. The minimum absolute atomic E-state index is 0.0502. The van der Waals surface area contributed by atoms with Crippen LogP contribution >= 0.6 is 0 Å². The molecule has 0 N–H and O–H groups in total. The van der Waals surface area contributed by atoms with Gasteiger partial charge in [-0.2, -0.15) is 0 Å². The molecule has 0 saturated heterocycles. The molecule has 0 bridgehead atoms. The lowest BCUT2D eigenvalue weighted by Gasteiger charge is -2.04. The van der Waals surface area contributed by atoms with Crippen molar-refractivity contribution in [1.29, 1.82) is 0 Å². The van der Waals surface area contributed by atoms with E-state index in [1.807, 2.05) is 0 Å². The average Bonchev–Trinajstić information content (AvgIpc) is 2.95. The lowest BCUT2D eigenvalue weighted by atomic mass is 10.0. The molecule has 0 aliphatic carbocycles. The Labute approximate surface area is 132 Å². The molecule has 2 rings (SSSR count). The van der Waals surface area contributed by atoms with Crippen molar-refractivity contribution in [1.82, 2.24) is 5.16 Å². The number of hydrogen-bond donors (Lipinski definition) is 0. The molecule has 7 nitrogen and oxygen atoms in total. The third-order valence-electron chi connectivity index (χ3n) is 3.13. The number of esters is 2. The zero-order chi connectivity index (χ0) is 17.0. The molecule has 0 fully saturated rings. The van der Waals surface area contributed by atoms with Crippen LogP contribution in [-0.4, -0.2) is 36.6 Å². The van der Waals surface area contributed by atoms with Gasteiger partial charge in [0.2, 0.25) is 5.69 Å². The van der Waals surface area contributed by atoms with Crippen LogP contribution < -0.4 is 0 Å². The van der Waals surface area contributed by atoms with Crippen LogP contribution in [0.2, 0.25) is 0 Å². The molecule has 1 heterocycles. The number of ether oxygens (including phenoxy) is 2. The van der Waals surface area contributed by atoms with Gasteiger partial charge in [-0.3, -0.25) is 4.79 Å². The van der Waals surface area contributed by atoms with Gasteiger partial charge in [0.25, 0.3) is 0 Å². The molecule has 120 valence electrons. The van der Waals surface area contributed by atoms with Crippen molar-refractivity contribution < 1.29 is 28.4 Å². The topological polar surface area (TPSA) is 95.7 Å². The molecule has 23 heavy (non-hydrogen) atoms. The summed E-state index contributed by atoms with van der Waals surface area (Å²) in [4.78, 5) is 35.8. The first-order chi connectivity index (χ1) is 11.0. The van der Waals surface area contributed by atoms with Crippen molar-refractivity contribution >= 4 is 17.7 Å². The average molecular weight is 317 g/mol. The Morgan fingerprint density at radius 3 is 2.26 bits per heavy atom. The molecule has 1 aromatic carbocycles. The lowest BCUT2D eigenvalue weighted by molar-refractivity contribution is 0.0511. The summed E-state index contributed by atoms with van der Waals surface area (Å²) < 4.78 is 14.4. The molecule has 2 aromatic rings. The van der Waals surface area contributed by atoms with E-state index < -0.39 is 17.7 Å². The molecule has 7 heteroatoms. The van der Waals surface area contributed by atoms with E-state index in [0.717, 1.165) is 0 Å². The minimum Gasteiger partial charge on any atom is -0.465 e. The SMILES string of the molecule is CCOC(=O)c1noc(C)c1C(=O)c1ccc(C(=O)OC)cc1. The Bertz CT molecular complexity index is 744. The van der Waals surface area contributed by atoms with Gasteiger partial charge in [-0.25, -0.2) is 9.59 Å². The van der Waals surface area contributed by atoms with Crippen molar-refractivity contribution in [3.05, 3.63) is 52.4 Å². The van der Waals surface area contributed by atoms with E-state index in [2.05, 4.69) is 9.89 Å². The Balaban J connectivity index is 2.36. The molecule has 0 unspecified atom stereocenters. The number of aromatic nitrogens is 1. The molecular weight excluding hydrogens is 302 g/mol. The number of nitrogens with zero attached hydrogens (tertiary/aromatic N) is 1. The number of carbonyl (C=O) groups excluding carboxylic acids is 3. The highest BCUT2D eigenvalue weighted by Crippen LogP contribution is 2.19. The van der Waals surface area contributed by atoms with E-state index in [1.54, 1.807) is 6.92 Å². The summed E-state index contributed by atoms with van der Waals surface area (Å²) in [7, 11) is 1.27. The second-order valence-corrected chi connectivity index (χ2v) is 4.58. The Morgan fingerprint density at radius 1 is 1.09 bits per heavy atom. The molecule has 0 saturated carbocycles. The van der Waals surface area contributed by atoms with Crippen LogP contribution in [0.5, 0.6) is 0 Å². The number of ketones is 1. The van der Waals surface area contributed by atoms with Crippen LogP contribution in [0, 0.1) is 6.92 Å². The third kappa shape index (κ3) is 3.28. The van der Waals surface area contributed by atoms with Crippen molar-refractivity contribution in [3.63, 3.8) is 0 Å². The first-order valence-electron chi connectivity index (χ1n) is 6.86. The first-order valence-corrected chi connectivity index (χ1v) is 6.86. The van der Waals surface area contributed by atoms with Gasteiger partial charge in [0.05, 0.1) is 24.8 Å². The number of benzene rings is 1. The summed E-state index contributed by atoms with van der Waals surface area (Å²) in [5.41, 5.74) is 0.492. The van der Waals surface area contributed by atoms with E-state index in [9.17, 15) is 14.4 Å². The van der Waals surface area contributed by atoms with Gasteiger partial charge in [0.1, 0.15) is 5.76 Å². The monoisotopic (exact) mass is 317 g/mol. The van der Waals surface area contributed by atoms with Crippen LogP contribution in [0.25, 0.3) is 0 Å². The first kappa shape index (κ1) is 16.4. The van der Waals surface area contributed by atoms with E-state index >= 15 is 0 Å². The number of rotatable bonds is 5. The van der Waals surface area contributed by atoms with Gasteiger partial charge in [-0.1, -0.05) is 17.3 Å². The van der Waals surface area contributed by atoms with E-state index in [4.69, 9.17) is 9.26 Å². The molecule has 0 atom stereocenters. The maximum atomic E-state index is 12.6. The number of carbonyl (C=O) groups is 3. The fourth-order valence-corrected chi connectivity index (χ4v) is 2.00. The Kier molecular flexibility index (Phi) is 4.90. The Hall–Kier alpha value is -2.96. The summed E-state index contributed by atoms with van der Waals surface area (Å²) in [6.45, 7) is 3.34. The van der Waals surface area contributed by atoms with Gasteiger partial charge in [-0.05, 0) is 26.0 Å². The largest absolute Gasteiger partial charge is 0.465 e. The zero-order valence-corrected chi connectivity index (χ0v) is 12.9. The molecule has 0 aliphatic rings. The minimum atomic E-state index is -0.723. The Morgan fingerprint density at radius 2 is 1.70 bits per heavy atom. The number of aryl methyl sites for hydroxylation is 1. The van der Waals surface area contributed by atoms with E-state index in [0.29, 0.717) is 5.56 Å². The van der Waals surface area contributed by atoms with Crippen molar-refractivity contribution in [2.75, 3.05) is 13.7 Å². The summed E-state index contributed by atoms with van der Waals surface area (Å²) >= 11 is 0. The van der Waals surface area contributed by atoms with Crippen LogP contribution in [0.1, 0.15) is 49.5 Å². The molecular formula is C16H15NO6. The van der Waals surface area contributed by atoms with Crippen LogP contribution in [-0.2, 0) is 9.47 Å². The quantitative estimate of drug-likeness (QED) is 0.616. The zero-order valence-electron chi connectivity index (χ0n) is 12.9. The lowest BCUT2D eigenvalue weighted by Crippen LogP contribution is -2.13. The standard InChI is InChI=1S/C16H15NO6/c1-4-22-16(20)13-12(9(2)23-17-13)14(18)10-5-7-11(8-6-10)15(19)21-3/h5-8H,4H2,1-3H3. The van der Waals surface area contributed by atoms with Crippen molar-refractivity contribution in [3.8, 4) is 0 Å². The summed E-state index contributed by atoms with van der Waals surface area (Å²) in [5, 5.41) is 3.60. The fraction of sp³-hybridized carbons (Fsp3) is 0.250. The fourth-order valence-electron chi connectivity index (χ4n) is 2.00. The van der Waals surface area contributed by atoms with Crippen molar-refractivity contribution in [2.45, 2.75) is 13.8 Å². The highest BCUT2D eigenvalue weighted by Gasteiger charge is 2.27. The molecule has 1 aromatic heterocycles. The molecule has 0 spiro atoms. The maximum Gasteiger partial charge on any atom is 0.361 e.